The maximum Gasteiger partial charge on any atom is 0.341 e. The largest absolute Gasteiger partial charge is 0.477 e. The summed E-state index contributed by atoms with van der Waals surface area (Å²) in [5.41, 5.74) is 1.27. The van der Waals surface area contributed by atoms with Crippen molar-refractivity contribution in [3.05, 3.63) is 39.4 Å². The van der Waals surface area contributed by atoms with E-state index >= 15 is 4.39 Å². The molecule has 154 valence electrons. The van der Waals surface area contributed by atoms with E-state index in [1.54, 1.807) is 0 Å². The van der Waals surface area contributed by atoms with Crippen LogP contribution in [0.4, 0.5) is 10.1 Å². The smallest absolute Gasteiger partial charge is 0.341 e. The topological polar surface area (TPSA) is 74.6 Å². The number of hydrogen-bond donors (Lipinski definition) is 2. The molecule has 3 heterocycles. The number of anilines is 1. The molecule has 2 aliphatic heterocycles. The lowest BCUT2D eigenvalue weighted by Crippen LogP contribution is -2.30. The summed E-state index contributed by atoms with van der Waals surface area (Å²) >= 11 is 0. The average Bonchev–Trinajstić information content (AvgIpc) is 3.41. The number of carboxylic acids is 1. The van der Waals surface area contributed by atoms with E-state index in [2.05, 4.69) is 10.2 Å². The van der Waals surface area contributed by atoms with Crippen LogP contribution < -0.4 is 15.6 Å². The first-order chi connectivity index (χ1) is 13.9. The molecular formula is C22H26FN3O3. The highest BCUT2D eigenvalue weighted by atomic mass is 19.1. The van der Waals surface area contributed by atoms with Gasteiger partial charge < -0.3 is 19.9 Å². The predicted octanol–water partition coefficient (Wildman–Crippen LogP) is 2.92. The number of nitrogens with zero attached hydrogens (tertiary/aromatic N) is 2. The monoisotopic (exact) mass is 399 g/mol. The Labute approximate surface area is 168 Å². The van der Waals surface area contributed by atoms with Crippen molar-refractivity contribution in [3.63, 3.8) is 0 Å². The molecule has 1 saturated carbocycles. The van der Waals surface area contributed by atoms with Crippen LogP contribution in [0.2, 0.25) is 0 Å². The molecule has 7 heteroatoms. The molecule has 3 aliphatic rings. The molecule has 1 saturated heterocycles. The quantitative estimate of drug-likeness (QED) is 0.809. The molecule has 1 aromatic heterocycles. The summed E-state index contributed by atoms with van der Waals surface area (Å²) in [7, 11) is 0. The second kappa shape index (κ2) is 6.83. The molecule has 2 unspecified atom stereocenters. The number of halogens is 1. The minimum Gasteiger partial charge on any atom is -0.477 e. The predicted molar refractivity (Wildman–Crippen MR) is 110 cm³/mol. The van der Waals surface area contributed by atoms with Gasteiger partial charge in [0.25, 0.3) is 0 Å². The average molecular weight is 399 g/mol. The lowest BCUT2D eigenvalue weighted by molar-refractivity contribution is 0.0694. The van der Waals surface area contributed by atoms with E-state index in [0.29, 0.717) is 29.6 Å². The van der Waals surface area contributed by atoms with E-state index in [9.17, 15) is 14.7 Å². The third-order valence-electron chi connectivity index (χ3n) is 6.73. The summed E-state index contributed by atoms with van der Waals surface area (Å²) in [6, 6.07) is 1.99. The summed E-state index contributed by atoms with van der Waals surface area (Å²) in [4.78, 5) is 26.4. The van der Waals surface area contributed by atoms with Crippen molar-refractivity contribution in [3.8, 4) is 0 Å². The number of carbonyl (C=O) groups is 1. The van der Waals surface area contributed by atoms with Gasteiger partial charge in [-0.15, -0.1) is 0 Å². The fourth-order valence-corrected chi connectivity index (χ4v) is 4.95. The summed E-state index contributed by atoms with van der Waals surface area (Å²) < 4.78 is 17.1. The Morgan fingerprint density at radius 3 is 2.83 bits per heavy atom. The molecule has 0 radical (unpaired) electrons. The first kappa shape index (κ1) is 18.6. The molecule has 29 heavy (non-hydrogen) atoms. The fourth-order valence-electron chi connectivity index (χ4n) is 4.95. The van der Waals surface area contributed by atoms with Gasteiger partial charge in [0.2, 0.25) is 5.43 Å². The van der Waals surface area contributed by atoms with E-state index in [0.717, 1.165) is 38.0 Å². The molecule has 2 fully saturated rings. The molecule has 2 N–H and O–H groups in total. The molecule has 0 amide bonds. The van der Waals surface area contributed by atoms with Crippen LogP contribution in [0.15, 0.2) is 17.1 Å². The summed E-state index contributed by atoms with van der Waals surface area (Å²) in [5.74, 6) is -1.18. The molecule has 2 aromatic rings. The third kappa shape index (κ3) is 3.12. The van der Waals surface area contributed by atoms with Gasteiger partial charge >= 0.3 is 5.97 Å². The molecule has 6 nitrogen and oxygen atoms in total. The number of aryl methyl sites for hydroxylation is 1. The molecule has 0 bridgehead atoms. The maximum absolute atomic E-state index is 15.3. The van der Waals surface area contributed by atoms with Gasteiger partial charge in [0.05, 0.1) is 11.2 Å². The molecule has 1 aromatic carbocycles. The number of hydrogen-bond acceptors (Lipinski definition) is 4. The van der Waals surface area contributed by atoms with Gasteiger partial charge in [-0.3, -0.25) is 4.79 Å². The summed E-state index contributed by atoms with van der Waals surface area (Å²) in [5, 5.41) is 13.2. The summed E-state index contributed by atoms with van der Waals surface area (Å²) in [6.07, 6.45) is 6.47. The Morgan fingerprint density at radius 2 is 2.10 bits per heavy atom. The van der Waals surface area contributed by atoms with Gasteiger partial charge in [0.1, 0.15) is 11.4 Å². The van der Waals surface area contributed by atoms with Gasteiger partial charge in [-0.25, -0.2) is 9.18 Å². The minimum atomic E-state index is -1.27. The normalized spacial score (nSPS) is 23.7. The van der Waals surface area contributed by atoms with Crippen molar-refractivity contribution in [1.29, 1.82) is 0 Å². The number of pyridine rings is 1. The van der Waals surface area contributed by atoms with Crippen LogP contribution >= 0.6 is 0 Å². The van der Waals surface area contributed by atoms with Crippen molar-refractivity contribution in [2.24, 2.45) is 5.92 Å². The van der Waals surface area contributed by atoms with Crippen LogP contribution in [0.25, 0.3) is 10.9 Å². The van der Waals surface area contributed by atoms with E-state index in [-0.39, 0.29) is 17.0 Å². The molecule has 5 rings (SSSR count). The highest BCUT2D eigenvalue weighted by molar-refractivity contribution is 5.95. The van der Waals surface area contributed by atoms with Crippen LogP contribution in [-0.4, -0.2) is 41.3 Å². The molecular weight excluding hydrogens is 373 g/mol. The Balaban J connectivity index is 1.59. The first-order valence-electron chi connectivity index (χ1n) is 10.6. The van der Waals surface area contributed by atoms with Gasteiger partial charge in [-0.05, 0) is 57.6 Å². The zero-order chi connectivity index (χ0) is 20.3. The van der Waals surface area contributed by atoms with Gasteiger partial charge in [-0.1, -0.05) is 0 Å². The van der Waals surface area contributed by atoms with Crippen LogP contribution in [0.1, 0.15) is 54.6 Å². The van der Waals surface area contributed by atoms with E-state index < -0.39 is 17.2 Å². The highest BCUT2D eigenvalue weighted by Crippen LogP contribution is 2.39. The van der Waals surface area contributed by atoms with Crippen molar-refractivity contribution in [1.82, 2.24) is 9.88 Å². The SMILES string of the molecule is CC1CCc2c(N3CCC(CNC4CC4)C3)c(F)cc3c(=O)c(C(=O)O)cn1c23. The Hall–Kier alpha value is -2.41. The standard InChI is InChI=1S/C22H26FN3O3/c1-12-2-5-15-19-16(21(27)17(22(28)29)11-26(12)19)8-18(23)20(15)25-7-6-13(10-25)9-24-14-3-4-14/h8,11-14,24H,2-7,9-10H2,1H3,(H,28,29). The van der Waals surface area contributed by atoms with Crippen molar-refractivity contribution in [2.75, 3.05) is 24.5 Å². The zero-order valence-corrected chi connectivity index (χ0v) is 16.6. The van der Waals surface area contributed by atoms with Crippen LogP contribution in [0.3, 0.4) is 0 Å². The molecule has 0 spiro atoms. The highest BCUT2D eigenvalue weighted by Gasteiger charge is 2.32. The minimum absolute atomic E-state index is 0.0658. The number of aromatic carboxylic acids is 1. The number of nitrogens with one attached hydrogen (secondary N) is 1. The van der Waals surface area contributed by atoms with Crippen LogP contribution in [-0.2, 0) is 6.42 Å². The second-order valence-corrected chi connectivity index (χ2v) is 8.84. The number of aromatic nitrogens is 1. The molecule has 2 atom stereocenters. The second-order valence-electron chi connectivity index (χ2n) is 8.84. The molecule has 1 aliphatic carbocycles. The lowest BCUT2D eigenvalue weighted by Gasteiger charge is -2.31. The van der Waals surface area contributed by atoms with Crippen molar-refractivity contribution < 1.29 is 14.3 Å². The Kier molecular flexibility index (Phi) is 4.38. The number of rotatable bonds is 5. The Bertz CT molecular complexity index is 1060. The zero-order valence-electron chi connectivity index (χ0n) is 16.6. The lowest BCUT2D eigenvalue weighted by atomic mass is 9.93. The number of carboxylic acid groups (broad SMARTS) is 1. The van der Waals surface area contributed by atoms with Crippen LogP contribution in [0.5, 0.6) is 0 Å². The van der Waals surface area contributed by atoms with Crippen molar-refractivity contribution in [2.45, 2.75) is 51.1 Å². The third-order valence-corrected chi connectivity index (χ3v) is 6.73. The Morgan fingerprint density at radius 1 is 1.31 bits per heavy atom. The maximum atomic E-state index is 15.3. The van der Waals surface area contributed by atoms with Gasteiger partial charge in [0, 0.05) is 42.3 Å². The fraction of sp³-hybridized carbons (Fsp3) is 0.545. The van der Waals surface area contributed by atoms with E-state index in [1.165, 1.54) is 25.1 Å². The first-order valence-corrected chi connectivity index (χ1v) is 10.6. The summed E-state index contributed by atoms with van der Waals surface area (Å²) in [6.45, 7) is 4.59. The van der Waals surface area contributed by atoms with Gasteiger partial charge in [0.15, 0.2) is 0 Å². The van der Waals surface area contributed by atoms with Gasteiger partial charge in [-0.2, -0.15) is 0 Å². The number of benzene rings is 1. The van der Waals surface area contributed by atoms with Crippen molar-refractivity contribution >= 4 is 22.6 Å². The van der Waals surface area contributed by atoms with Crippen LogP contribution in [0, 0.1) is 11.7 Å². The van der Waals surface area contributed by atoms with E-state index in [1.807, 2.05) is 11.5 Å². The van der Waals surface area contributed by atoms with E-state index in [4.69, 9.17) is 0 Å².